The molecule has 1 aliphatic rings. The van der Waals surface area contributed by atoms with Gasteiger partial charge in [0.1, 0.15) is 12.4 Å². The number of carboxylic acids is 3. The smallest absolute Gasteiger partial charge is 0.317 e. The zero-order chi connectivity index (χ0) is 36.3. The highest BCUT2D eigenvalue weighted by molar-refractivity contribution is 7.24. The van der Waals surface area contributed by atoms with E-state index >= 15 is 0 Å². The van der Waals surface area contributed by atoms with E-state index in [2.05, 4.69) is 0 Å². The molecule has 2 unspecified atom stereocenters. The van der Waals surface area contributed by atoms with Crippen molar-refractivity contribution in [2.75, 3.05) is 85.7 Å². The highest BCUT2D eigenvalue weighted by Gasteiger charge is 2.26. The molecule has 2 aromatic carbocycles. The third-order valence-electron chi connectivity index (χ3n) is 8.33. The Morgan fingerprint density at radius 1 is 0.740 bits per heavy atom. The van der Waals surface area contributed by atoms with Gasteiger partial charge >= 0.3 is 23.9 Å². The van der Waals surface area contributed by atoms with Gasteiger partial charge < -0.3 is 29.5 Å². The Bertz CT molecular complexity index is 1340. The van der Waals surface area contributed by atoms with Gasteiger partial charge in [-0.25, -0.2) is 0 Å². The number of carbonyl (C=O) groups excluding carboxylic acids is 1. The fourth-order valence-corrected chi connectivity index (χ4v) is 6.13. The van der Waals surface area contributed by atoms with E-state index in [0.29, 0.717) is 12.2 Å². The second kappa shape index (κ2) is 22.0. The molecule has 1 aliphatic heterocycles. The van der Waals surface area contributed by atoms with Crippen molar-refractivity contribution in [1.82, 2.24) is 19.6 Å². The van der Waals surface area contributed by atoms with E-state index in [0.717, 1.165) is 11.1 Å². The van der Waals surface area contributed by atoms with E-state index in [1.165, 1.54) is 0 Å². The van der Waals surface area contributed by atoms with Crippen LogP contribution >= 0.6 is 8.46 Å². The van der Waals surface area contributed by atoms with Crippen LogP contribution in [-0.4, -0.2) is 150 Å². The molecule has 1 saturated heterocycles. The summed E-state index contributed by atoms with van der Waals surface area (Å²) in [6.07, 6.45) is 0.474. The van der Waals surface area contributed by atoms with Gasteiger partial charge in [0.05, 0.1) is 39.8 Å². The predicted octanol–water partition coefficient (Wildman–Crippen LogP) is 2.37. The second-order valence-electron chi connectivity index (χ2n) is 12.0. The Hall–Kier alpha value is -3.98. The number of benzene rings is 2. The fraction of sp³-hybridized carbons (Fsp3) is 0.529. The minimum atomic E-state index is -1.04. The normalized spacial score (nSPS) is 17.2. The number of carbonyl (C=O) groups is 4. The molecule has 3 N–H and O–H groups in total. The quantitative estimate of drug-likeness (QED) is 0.151. The molecule has 0 bridgehead atoms. The third-order valence-corrected chi connectivity index (χ3v) is 8.98. The van der Waals surface area contributed by atoms with Crippen LogP contribution in [-0.2, 0) is 39.8 Å². The standard InChI is InChI=1S/C34H47N4O11P/c1-47-29-9-7-27(8-10-29)28(21-33(45)49-25-26-5-3-2-4-6-26)11-20-48-34(50-46)38-18-16-36(23-31(41)42)14-12-35(22-30(39)40)13-15-37(17-19-38)24-32(43)44/h2-10,28,34H,11-25H2,1H3,(H,39,40)(H,41,42)(H,43,44). The van der Waals surface area contributed by atoms with Crippen molar-refractivity contribution in [2.24, 2.45) is 0 Å². The summed E-state index contributed by atoms with van der Waals surface area (Å²) in [6, 6.07) is 16.7. The van der Waals surface area contributed by atoms with Crippen molar-refractivity contribution in [3.63, 3.8) is 0 Å². The highest BCUT2D eigenvalue weighted by atomic mass is 31.1. The summed E-state index contributed by atoms with van der Waals surface area (Å²) < 4.78 is 29.5. The van der Waals surface area contributed by atoms with Crippen LogP contribution in [0.15, 0.2) is 54.6 Å². The van der Waals surface area contributed by atoms with Gasteiger partial charge in [0.2, 0.25) is 8.46 Å². The van der Waals surface area contributed by atoms with Gasteiger partial charge in [-0.05, 0) is 35.6 Å². The van der Waals surface area contributed by atoms with Crippen molar-refractivity contribution in [3.8, 4) is 5.75 Å². The van der Waals surface area contributed by atoms with Crippen LogP contribution in [0.1, 0.15) is 29.9 Å². The van der Waals surface area contributed by atoms with E-state index < -0.39 is 23.9 Å². The molecule has 274 valence electrons. The summed E-state index contributed by atoms with van der Waals surface area (Å²) in [7, 11) is 1.22. The van der Waals surface area contributed by atoms with E-state index in [1.54, 1.807) is 38.8 Å². The molecule has 2 atom stereocenters. The number of methoxy groups -OCH3 is 1. The molecule has 16 heteroatoms. The van der Waals surface area contributed by atoms with E-state index in [1.807, 2.05) is 42.5 Å². The molecule has 0 spiro atoms. The number of rotatable bonds is 18. The molecule has 0 saturated carbocycles. The number of ether oxygens (including phenoxy) is 3. The minimum Gasteiger partial charge on any atom is -0.497 e. The van der Waals surface area contributed by atoms with Crippen LogP contribution in [0.4, 0.5) is 0 Å². The molecular formula is C34H47N4O11P. The summed E-state index contributed by atoms with van der Waals surface area (Å²) in [4.78, 5) is 54.4. The zero-order valence-corrected chi connectivity index (χ0v) is 29.2. The molecule has 1 fully saturated rings. The number of nitrogens with zero attached hydrogens (tertiary/aromatic N) is 4. The van der Waals surface area contributed by atoms with Crippen LogP contribution in [0.3, 0.4) is 0 Å². The number of hydrogen-bond acceptors (Lipinski definition) is 12. The van der Waals surface area contributed by atoms with Gasteiger partial charge in [-0.15, -0.1) is 0 Å². The Labute approximate surface area is 293 Å². The first-order valence-electron chi connectivity index (χ1n) is 16.4. The molecule has 2 aromatic rings. The van der Waals surface area contributed by atoms with Crippen molar-refractivity contribution < 1.29 is 53.3 Å². The summed E-state index contributed by atoms with van der Waals surface area (Å²) in [5, 5.41) is 28.4. The van der Waals surface area contributed by atoms with Crippen LogP contribution in [0.5, 0.6) is 5.75 Å². The van der Waals surface area contributed by atoms with Gasteiger partial charge in [0, 0.05) is 52.4 Å². The van der Waals surface area contributed by atoms with Gasteiger partial charge in [-0.3, -0.25) is 43.3 Å². The second-order valence-corrected chi connectivity index (χ2v) is 12.6. The van der Waals surface area contributed by atoms with Gasteiger partial charge in [0.15, 0.2) is 5.97 Å². The maximum atomic E-state index is 12.9. The Morgan fingerprint density at radius 3 is 1.70 bits per heavy atom. The van der Waals surface area contributed by atoms with E-state index in [9.17, 15) is 39.1 Å². The first-order valence-corrected chi connectivity index (χ1v) is 17.3. The lowest BCUT2D eigenvalue weighted by Gasteiger charge is -2.34. The average molecular weight is 719 g/mol. The maximum absolute atomic E-state index is 12.9. The lowest BCUT2D eigenvalue weighted by atomic mass is 9.93. The average Bonchev–Trinajstić information content (AvgIpc) is 3.09. The van der Waals surface area contributed by atoms with Crippen LogP contribution in [0.2, 0.25) is 0 Å². The molecule has 0 aromatic heterocycles. The monoisotopic (exact) mass is 718 g/mol. The number of aliphatic carboxylic acids is 3. The zero-order valence-electron chi connectivity index (χ0n) is 28.3. The molecule has 0 radical (unpaired) electrons. The number of hydrogen-bond donors (Lipinski definition) is 3. The minimum absolute atomic E-state index is 0.0825. The highest BCUT2D eigenvalue weighted by Crippen LogP contribution is 2.27. The third kappa shape index (κ3) is 15.3. The van der Waals surface area contributed by atoms with Gasteiger partial charge in [-0.2, -0.15) is 0 Å². The maximum Gasteiger partial charge on any atom is 0.317 e. The predicted molar refractivity (Wildman–Crippen MR) is 182 cm³/mol. The van der Waals surface area contributed by atoms with Crippen LogP contribution < -0.4 is 4.74 Å². The number of carboxylic acid groups (broad SMARTS) is 3. The Balaban J connectivity index is 1.72. The molecule has 1 heterocycles. The van der Waals surface area contributed by atoms with Crippen molar-refractivity contribution in [2.45, 2.75) is 31.3 Å². The molecular weight excluding hydrogens is 671 g/mol. The summed E-state index contributed by atoms with van der Waals surface area (Å²) >= 11 is 0. The Kier molecular flexibility index (Phi) is 17.8. The van der Waals surface area contributed by atoms with Crippen molar-refractivity contribution in [1.29, 1.82) is 0 Å². The Morgan fingerprint density at radius 2 is 1.24 bits per heavy atom. The van der Waals surface area contributed by atoms with Gasteiger partial charge in [-0.1, -0.05) is 42.5 Å². The lowest BCUT2D eigenvalue weighted by molar-refractivity contribution is -0.145. The van der Waals surface area contributed by atoms with Crippen LogP contribution in [0.25, 0.3) is 0 Å². The van der Waals surface area contributed by atoms with Crippen molar-refractivity contribution >= 4 is 32.3 Å². The fourth-order valence-electron chi connectivity index (χ4n) is 5.60. The summed E-state index contributed by atoms with van der Waals surface area (Å²) in [5.74, 6) is -4.04. The largest absolute Gasteiger partial charge is 0.497 e. The molecule has 50 heavy (non-hydrogen) atoms. The molecule has 15 nitrogen and oxygen atoms in total. The summed E-state index contributed by atoms with van der Waals surface area (Å²) in [5.41, 5.74) is 1.74. The van der Waals surface area contributed by atoms with Gasteiger partial charge in [0.25, 0.3) is 0 Å². The number of esters is 1. The topological polar surface area (TPSA) is 187 Å². The van der Waals surface area contributed by atoms with E-state index in [4.69, 9.17) is 14.2 Å². The molecule has 3 rings (SSSR count). The van der Waals surface area contributed by atoms with Crippen LogP contribution in [0, 0.1) is 0 Å². The molecule has 0 aliphatic carbocycles. The van der Waals surface area contributed by atoms with E-state index in [-0.39, 0.29) is 112 Å². The summed E-state index contributed by atoms with van der Waals surface area (Å²) in [6.45, 7) is 1.52. The SMILES string of the molecule is COc1ccc(C(CCOC(P=O)N2CCN(CC(=O)O)CCN(CC(=O)O)CCN(CC(=O)O)CC2)CC(=O)OCc2ccccc2)cc1. The first-order chi connectivity index (χ1) is 24.1. The molecule has 0 amide bonds. The first kappa shape index (κ1) is 40.4. The lowest BCUT2D eigenvalue weighted by Crippen LogP contribution is -2.50. The van der Waals surface area contributed by atoms with Crippen molar-refractivity contribution in [3.05, 3.63) is 65.7 Å².